The van der Waals surface area contributed by atoms with Gasteiger partial charge in [0.15, 0.2) is 5.76 Å². The van der Waals surface area contributed by atoms with Crippen molar-refractivity contribution in [2.24, 2.45) is 0 Å². The lowest BCUT2D eigenvalue weighted by atomic mass is 10.1. The Hall–Kier alpha value is -3.45. The number of anilines is 1. The van der Waals surface area contributed by atoms with Gasteiger partial charge in [-0.3, -0.25) is 14.5 Å². The second-order valence-electron chi connectivity index (χ2n) is 7.53. The number of furan rings is 1. The van der Waals surface area contributed by atoms with Gasteiger partial charge in [0.05, 0.1) is 6.26 Å². The molecule has 0 radical (unpaired) electrons. The first-order chi connectivity index (χ1) is 15.1. The molecule has 7 heteroatoms. The highest BCUT2D eigenvalue weighted by Gasteiger charge is 2.21. The Morgan fingerprint density at radius 1 is 0.968 bits per heavy atom. The number of hydrogen-bond donors (Lipinski definition) is 1. The zero-order valence-corrected chi connectivity index (χ0v) is 17.1. The van der Waals surface area contributed by atoms with Crippen molar-refractivity contribution < 1.29 is 18.4 Å². The fourth-order valence-electron chi connectivity index (χ4n) is 3.71. The molecule has 6 nitrogen and oxygen atoms in total. The highest BCUT2D eigenvalue weighted by atomic mass is 19.1. The second-order valence-corrected chi connectivity index (χ2v) is 7.53. The van der Waals surface area contributed by atoms with E-state index in [2.05, 4.69) is 10.2 Å². The lowest BCUT2D eigenvalue weighted by Crippen LogP contribution is -2.35. The maximum Gasteiger partial charge on any atom is 0.291 e. The first-order valence-corrected chi connectivity index (χ1v) is 10.3. The molecule has 2 amide bonds. The number of halogens is 1. The number of nitrogens with one attached hydrogen (secondary N) is 1. The molecule has 0 bridgehead atoms. The van der Waals surface area contributed by atoms with E-state index in [1.807, 2.05) is 11.0 Å². The molecule has 0 spiro atoms. The lowest BCUT2D eigenvalue weighted by molar-refractivity contribution is 0.0760. The number of amides is 2. The summed E-state index contributed by atoms with van der Waals surface area (Å²) in [6.45, 7) is 3.21. The molecule has 0 aliphatic carbocycles. The third kappa shape index (κ3) is 5.19. The van der Waals surface area contributed by atoms with Gasteiger partial charge in [-0.2, -0.15) is 0 Å². The monoisotopic (exact) mass is 421 g/mol. The zero-order chi connectivity index (χ0) is 21.6. The Morgan fingerprint density at radius 3 is 2.65 bits per heavy atom. The SMILES string of the molecule is O=C(Nc1cccc(C(=O)N2CCCN(Cc3ccccc3F)CC2)c1)c1ccco1. The summed E-state index contributed by atoms with van der Waals surface area (Å²) in [5.74, 6) is -0.442. The summed E-state index contributed by atoms with van der Waals surface area (Å²) >= 11 is 0. The van der Waals surface area contributed by atoms with Gasteiger partial charge >= 0.3 is 0 Å². The summed E-state index contributed by atoms with van der Waals surface area (Å²) in [5, 5.41) is 2.75. The number of carbonyl (C=O) groups is 2. The van der Waals surface area contributed by atoms with Crippen LogP contribution in [0.2, 0.25) is 0 Å². The first kappa shape index (κ1) is 20.8. The van der Waals surface area contributed by atoms with Crippen molar-refractivity contribution >= 4 is 17.5 Å². The predicted molar refractivity (Wildman–Crippen MR) is 115 cm³/mol. The van der Waals surface area contributed by atoms with E-state index in [9.17, 15) is 14.0 Å². The normalized spacial score (nSPS) is 14.8. The van der Waals surface area contributed by atoms with Gasteiger partial charge < -0.3 is 14.6 Å². The highest BCUT2D eigenvalue weighted by molar-refractivity contribution is 6.03. The van der Waals surface area contributed by atoms with E-state index in [0.29, 0.717) is 43.0 Å². The molecule has 1 aliphatic rings. The van der Waals surface area contributed by atoms with E-state index in [-0.39, 0.29) is 23.4 Å². The number of nitrogens with zero attached hydrogens (tertiary/aromatic N) is 2. The van der Waals surface area contributed by atoms with Gasteiger partial charge in [0, 0.05) is 49.5 Å². The number of benzene rings is 2. The molecule has 1 saturated heterocycles. The molecule has 2 aromatic carbocycles. The average Bonchev–Trinajstić information content (AvgIpc) is 3.22. The third-order valence-electron chi connectivity index (χ3n) is 5.34. The van der Waals surface area contributed by atoms with E-state index in [0.717, 1.165) is 13.0 Å². The van der Waals surface area contributed by atoms with Crippen LogP contribution in [-0.2, 0) is 6.54 Å². The van der Waals surface area contributed by atoms with Gasteiger partial charge in [0.1, 0.15) is 5.82 Å². The molecule has 1 aliphatic heterocycles. The van der Waals surface area contributed by atoms with Crippen molar-refractivity contribution in [2.45, 2.75) is 13.0 Å². The quantitative estimate of drug-likeness (QED) is 0.676. The van der Waals surface area contributed by atoms with Crippen LogP contribution in [0, 0.1) is 5.82 Å². The maximum atomic E-state index is 14.0. The van der Waals surface area contributed by atoms with Crippen LogP contribution in [0.25, 0.3) is 0 Å². The zero-order valence-electron chi connectivity index (χ0n) is 17.1. The minimum Gasteiger partial charge on any atom is -0.459 e. The van der Waals surface area contributed by atoms with Crippen LogP contribution in [0.4, 0.5) is 10.1 Å². The Balaban J connectivity index is 1.38. The minimum atomic E-state index is -0.367. The standard InChI is InChI=1S/C24H24FN3O3/c25-21-9-2-1-6-19(21)17-27-11-5-12-28(14-13-27)24(30)18-7-3-8-20(16-18)26-23(29)22-10-4-15-31-22/h1-4,6-10,15-16H,5,11-14,17H2,(H,26,29). The molecular weight excluding hydrogens is 397 g/mol. The molecule has 1 fully saturated rings. The number of hydrogen-bond acceptors (Lipinski definition) is 4. The highest BCUT2D eigenvalue weighted by Crippen LogP contribution is 2.17. The fourth-order valence-corrected chi connectivity index (χ4v) is 3.71. The van der Waals surface area contributed by atoms with E-state index >= 15 is 0 Å². The Kier molecular flexibility index (Phi) is 6.43. The van der Waals surface area contributed by atoms with Gasteiger partial charge in [0.2, 0.25) is 0 Å². The molecule has 1 aromatic heterocycles. The van der Waals surface area contributed by atoms with Crippen LogP contribution in [0.1, 0.15) is 32.9 Å². The van der Waals surface area contributed by atoms with Crippen molar-refractivity contribution in [3.8, 4) is 0 Å². The largest absolute Gasteiger partial charge is 0.459 e. The number of carbonyl (C=O) groups excluding carboxylic acids is 2. The predicted octanol–water partition coefficient (Wildman–Crippen LogP) is 4.02. The van der Waals surface area contributed by atoms with Crippen LogP contribution in [0.5, 0.6) is 0 Å². The van der Waals surface area contributed by atoms with Crippen molar-refractivity contribution in [3.63, 3.8) is 0 Å². The molecule has 2 heterocycles. The van der Waals surface area contributed by atoms with Gasteiger partial charge in [-0.15, -0.1) is 0 Å². The van der Waals surface area contributed by atoms with Crippen molar-refractivity contribution in [1.82, 2.24) is 9.80 Å². The summed E-state index contributed by atoms with van der Waals surface area (Å²) in [7, 11) is 0. The van der Waals surface area contributed by atoms with Gasteiger partial charge in [-0.05, 0) is 42.8 Å². The third-order valence-corrected chi connectivity index (χ3v) is 5.34. The Bertz CT molecular complexity index is 1050. The van der Waals surface area contributed by atoms with Crippen LogP contribution < -0.4 is 5.32 Å². The number of rotatable bonds is 5. The van der Waals surface area contributed by atoms with Gasteiger partial charge in [-0.1, -0.05) is 24.3 Å². The van der Waals surface area contributed by atoms with Crippen molar-refractivity contribution in [2.75, 3.05) is 31.5 Å². The van der Waals surface area contributed by atoms with E-state index in [4.69, 9.17) is 4.42 Å². The summed E-state index contributed by atoms with van der Waals surface area (Å²) in [4.78, 5) is 29.2. The van der Waals surface area contributed by atoms with E-state index in [1.54, 1.807) is 48.5 Å². The summed E-state index contributed by atoms with van der Waals surface area (Å²) in [5.41, 5.74) is 1.71. The molecule has 0 atom stereocenters. The molecular formula is C24H24FN3O3. The Morgan fingerprint density at radius 2 is 1.84 bits per heavy atom. The van der Waals surface area contributed by atoms with Crippen LogP contribution >= 0.6 is 0 Å². The van der Waals surface area contributed by atoms with Gasteiger partial charge in [-0.25, -0.2) is 4.39 Å². The molecule has 0 saturated carbocycles. The van der Waals surface area contributed by atoms with E-state index < -0.39 is 0 Å². The fraction of sp³-hybridized carbons (Fsp3) is 0.250. The molecule has 3 aromatic rings. The van der Waals surface area contributed by atoms with Crippen molar-refractivity contribution in [3.05, 3.63) is 89.6 Å². The molecule has 4 rings (SSSR count). The molecule has 0 unspecified atom stereocenters. The maximum absolute atomic E-state index is 14.0. The van der Waals surface area contributed by atoms with Crippen molar-refractivity contribution in [1.29, 1.82) is 0 Å². The summed E-state index contributed by atoms with van der Waals surface area (Å²) in [6.07, 6.45) is 2.25. The van der Waals surface area contributed by atoms with Crippen LogP contribution in [-0.4, -0.2) is 47.8 Å². The topological polar surface area (TPSA) is 65.8 Å². The van der Waals surface area contributed by atoms with Crippen LogP contribution in [0.15, 0.2) is 71.3 Å². The second kappa shape index (κ2) is 9.57. The first-order valence-electron chi connectivity index (χ1n) is 10.3. The van der Waals surface area contributed by atoms with Crippen LogP contribution in [0.3, 0.4) is 0 Å². The molecule has 31 heavy (non-hydrogen) atoms. The minimum absolute atomic E-state index is 0.0816. The lowest BCUT2D eigenvalue weighted by Gasteiger charge is -2.22. The summed E-state index contributed by atoms with van der Waals surface area (Å²) < 4.78 is 19.1. The average molecular weight is 421 g/mol. The molecule has 160 valence electrons. The van der Waals surface area contributed by atoms with Gasteiger partial charge in [0.25, 0.3) is 11.8 Å². The summed E-state index contributed by atoms with van der Waals surface area (Å²) in [6, 6.07) is 16.9. The molecule has 1 N–H and O–H groups in total. The Labute approximate surface area is 180 Å². The van der Waals surface area contributed by atoms with E-state index in [1.165, 1.54) is 12.3 Å². The smallest absolute Gasteiger partial charge is 0.291 e.